The van der Waals surface area contributed by atoms with E-state index in [1.54, 1.807) is 0 Å². The second kappa shape index (κ2) is 4.80. The normalized spacial score (nSPS) is 31.0. The quantitative estimate of drug-likeness (QED) is 0.630. The van der Waals surface area contributed by atoms with Crippen LogP contribution in [0, 0.1) is 0 Å². The smallest absolute Gasteiger partial charge is 0.0734 e. The highest BCUT2D eigenvalue weighted by atomic mass is 16.7. The largest absolute Gasteiger partial charge is 0.393 e. The standard InChI is InChI=1S/C9H19NO2/c1-7(2)12-10-8-3-5-9(11)6-4-8/h7-11H,3-6H2,1-2H3. The molecule has 0 aromatic heterocycles. The van der Waals surface area contributed by atoms with Crippen LogP contribution in [-0.2, 0) is 4.84 Å². The minimum absolute atomic E-state index is 0.0814. The Hall–Kier alpha value is -0.120. The lowest BCUT2D eigenvalue weighted by Gasteiger charge is -2.26. The number of rotatable bonds is 3. The van der Waals surface area contributed by atoms with Crippen molar-refractivity contribution in [1.82, 2.24) is 5.48 Å². The third-order valence-electron chi connectivity index (χ3n) is 2.17. The summed E-state index contributed by atoms with van der Waals surface area (Å²) in [5.74, 6) is 0. The fourth-order valence-corrected chi connectivity index (χ4v) is 1.43. The van der Waals surface area contributed by atoms with Gasteiger partial charge < -0.3 is 5.11 Å². The van der Waals surface area contributed by atoms with Crippen molar-refractivity contribution in [3.8, 4) is 0 Å². The first-order valence-electron chi connectivity index (χ1n) is 4.77. The molecule has 0 spiro atoms. The van der Waals surface area contributed by atoms with Crippen LogP contribution >= 0.6 is 0 Å². The van der Waals surface area contributed by atoms with E-state index in [-0.39, 0.29) is 12.2 Å². The summed E-state index contributed by atoms with van der Waals surface area (Å²) in [4.78, 5) is 5.28. The van der Waals surface area contributed by atoms with Crippen LogP contribution in [0.5, 0.6) is 0 Å². The van der Waals surface area contributed by atoms with Gasteiger partial charge in [-0.3, -0.25) is 4.84 Å². The van der Waals surface area contributed by atoms with Gasteiger partial charge in [-0.2, -0.15) is 5.48 Å². The summed E-state index contributed by atoms with van der Waals surface area (Å²) >= 11 is 0. The van der Waals surface area contributed by atoms with Gasteiger partial charge in [0.2, 0.25) is 0 Å². The molecule has 0 radical (unpaired) electrons. The maximum absolute atomic E-state index is 9.24. The van der Waals surface area contributed by atoms with Crippen LogP contribution in [-0.4, -0.2) is 23.4 Å². The fourth-order valence-electron chi connectivity index (χ4n) is 1.43. The van der Waals surface area contributed by atoms with Gasteiger partial charge in [-0.25, -0.2) is 0 Å². The van der Waals surface area contributed by atoms with Gasteiger partial charge in [-0.1, -0.05) is 0 Å². The van der Waals surface area contributed by atoms with Crippen molar-refractivity contribution in [2.24, 2.45) is 0 Å². The van der Waals surface area contributed by atoms with Gasteiger partial charge in [-0.05, 0) is 39.5 Å². The number of nitrogens with one attached hydrogen (secondary N) is 1. The van der Waals surface area contributed by atoms with Crippen LogP contribution in [0.3, 0.4) is 0 Å². The first-order valence-corrected chi connectivity index (χ1v) is 4.77. The molecule has 0 aliphatic heterocycles. The molecular formula is C9H19NO2. The second-order valence-corrected chi connectivity index (χ2v) is 3.79. The highest BCUT2D eigenvalue weighted by Crippen LogP contribution is 2.18. The maximum Gasteiger partial charge on any atom is 0.0734 e. The first-order chi connectivity index (χ1) is 5.68. The van der Waals surface area contributed by atoms with Crippen molar-refractivity contribution >= 4 is 0 Å². The van der Waals surface area contributed by atoms with Crippen molar-refractivity contribution < 1.29 is 9.94 Å². The van der Waals surface area contributed by atoms with E-state index in [2.05, 4.69) is 5.48 Å². The molecule has 72 valence electrons. The monoisotopic (exact) mass is 173 g/mol. The predicted molar refractivity (Wildman–Crippen MR) is 47.6 cm³/mol. The number of aliphatic hydroxyl groups excluding tert-OH is 1. The number of aliphatic hydroxyl groups is 1. The molecule has 0 amide bonds. The number of hydrogen-bond donors (Lipinski definition) is 2. The molecule has 0 aromatic carbocycles. The van der Waals surface area contributed by atoms with E-state index in [0.717, 1.165) is 25.7 Å². The zero-order chi connectivity index (χ0) is 8.97. The Labute approximate surface area is 74.1 Å². The molecule has 0 saturated heterocycles. The molecule has 2 N–H and O–H groups in total. The molecule has 3 heteroatoms. The van der Waals surface area contributed by atoms with Crippen LogP contribution in [0.25, 0.3) is 0 Å². The summed E-state index contributed by atoms with van der Waals surface area (Å²) in [5, 5.41) is 9.24. The summed E-state index contributed by atoms with van der Waals surface area (Å²) in [6, 6.07) is 0.441. The van der Waals surface area contributed by atoms with Gasteiger partial charge in [-0.15, -0.1) is 0 Å². The Kier molecular flexibility index (Phi) is 3.98. The molecule has 3 nitrogen and oxygen atoms in total. The fraction of sp³-hybridized carbons (Fsp3) is 1.00. The minimum Gasteiger partial charge on any atom is -0.393 e. The first kappa shape index (κ1) is 9.96. The van der Waals surface area contributed by atoms with Crippen molar-refractivity contribution in [1.29, 1.82) is 0 Å². The van der Waals surface area contributed by atoms with Crippen LogP contribution in [0.1, 0.15) is 39.5 Å². The SMILES string of the molecule is CC(C)ONC1CCC(O)CC1. The zero-order valence-electron chi connectivity index (χ0n) is 7.92. The van der Waals surface area contributed by atoms with Crippen LogP contribution < -0.4 is 5.48 Å². The molecule has 12 heavy (non-hydrogen) atoms. The van der Waals surface area contributed by atoms with E-state index >= 15 is 0 Å². The van der Waals surface area contributed by atoms with Gasteiger partial charge in [0.05, 0.1) is 12.2 Å². The lowest BCUT2D eigenvalue weighted by molar-refractivity contribution is -0.0400. The molecule has 1 aliphatic rings. The highest BCUT2D eigenvalue weighted by molar-refractivity contribution is 4.73. The predicted octanol–water partition coefficient (Wildman–Crippen LogP) is 1.22. The molecule has 1 saturated carbocycles. The second-order valence-electron chi connectivity index (χ2n) is 3.79. The lowest BCUT2D eigenvalue weighted by Crippen LogP contribution is -2.36. The van der Waals surface area contributed by atoms with Gasteiger partial charge in [0, 0.05) is 6.04 Å². The van der Waals surface area contributed by atoms with Crippen molar-refractivity contribution in [3.05, 3.63) is 0 Å². The van der Waals surface area contributed by atoms with Crippen molar-refractivity contribution in [2.45, 2.75) is 57.8 Å². The Morgan fingerprint density at radius 3 is 2.33 bits per heavy atom. The molecule has 1 rings (SSSR count). The number of hydrogen-bond acceptors (Lipinski definition) is 3. The molecule has 0 heterocycles. The Bertz CT molecular complexity index is 120. The highest BCUT2D eigenvalue weighted by Gasteiger charge is 2.19. The third-order valence-corrected chi connectivity index (χ3v) is 2.17. The van der Waals surface area contributed by atoms with E-state index < -0.39 is 0 Å². The van der Waals surface area contributed by atoms with Gasteiger partial charge >= 0.3 is 0 Å². The summed E-state index contributed by atoms with van der Waals surface area (Å²) < 4.78 is 0. The lowest BCUT2D eigenvalue weighted by atomic mass is 9.94. The van der Waals surface area contributed by atoms with Gasteiger partial charge in [0.25, 0.3) is 0 Å². The maximum atomic E-state index is 9.24. The molecule has 1 aliphatic carbocycles. The average Bonchev–Trinajstić information content (AvgIpc) is 2.03. The summed E-state index contributed by atoms with van der Waals surface area (Å²) in [5.41, 5.74) is 3.03. The summed E-state index contributed by atoms with van der Waals surface area (Å²) in [6.45, 7) is 4.01. The van der Waals surface area contributed by atoms with Gasteiger partial charge in [0.1, 0.15) is 0 Å². The minimum atomic E-state index is -0.0814. The van der Waals surface area contributed by atoms with Crippen molar-refractivity contribution in [3.63, 3.8) is 0 Å². The summed E-state index contributed by atoms with van der Waals surface area (Å²) in [6.07, 6.45) is 4.00. The molecule has 0 bridgehead atoms. The Morgan fingerprint density at radius 2 is 1.83 bits per heavy atom. The van der Waals surface area contributed by atoms with E-state index in [9.17, 15) is 5.11 Å². The van der Waals surface area contributed by atoms with Crippen molar-refractivity contribution in [2.75, 3.05) is 0 Å². The number of hydroxylamine groups is 1. The topological polar surface area (TPSA) is 41.5 Å². The summed E-state index contributed by atoms with van der Waals surface area (Å²) in [7, 11) is 0. The zero-order valence-corrected chi connectivity index (χ0v) is 7.92. The Morgan fingerprint density at radius 1 is 1.25 bits per heavy atom. The Balaban J connectivity index is 2.09. The average molecular weight is 173 g/mol. The van der Waals surface area contributed by atoms with Crippen LogP contribution in [0.15, 0.2) is 0 Å². The molecule has 0 atom stereocenters. The van der Waals surface area contributed by atoms with E-state index in [1.165, 1.54) is 0 Å². The van der Waals surface area contributed by atoms with Crippen LogP contribution in [0.4, 0.5) is 0 Å². The molecule has 1 fully saturated rings. The molecular weight excluding hydrogens is 154 g/mol. The van der Waals surface area contributed by atoms with E-state index in [1.807, 2.05) is 13.8 Å². The molecule has 0 aromatic rings. The van der Waals surface area contributed by atoms with Gasteiger partial charge in [0.15, 0.2) is 0 Å². The van der Waals surface area contributed by atoms with E-state index in [0.29, 0.717) is 6.04 Å². The molecule has 0 unspecified atom stereocenters. The third kappa shape index (κ3) is 3.52. The van der Waals surface area contributed by atoms with E-state index in [4.69, 9.17) is 4.84 Å². The van der Waals surface area contributed by atoms with Crippen LogP contribution in [0.2, 0.25) is 0 Å².